The molecule has 2 aromatic carbocycles. The second-order valence-corrected chi connectivity index (χ2v) is 7.54. The summed E-state index contributed by atoms with van der Waals surface area (Å²) in [5.74, 6) is -0.0504. The van der Waals surface area contributed by atoms with E-state index in [2.05, 4.69) is 4.98 Å². The van der Waals surface area contributed by atoms with Crippen LogP contribution in [0.15, 0.2) is 58.5 Å². The monoisotopic (exact) mass is 392 g/mol. The molecule has 0 bridgehead atoms. The van der Waals surface area contributed by atoms with Crippen molar-refractivity contribution in [3.8, 4) is 5.69 Å². The van der Waals surface area contributed by atoms with Gasteiger partial charge in [-0.25, -0.2) is 4.98 Å². The molecular formula is C20H19F3N2OS. The molecule has 3 nitrogen and oxygen atoms in total. The Balaban J connectivity index is 2.19. The van der Waals surface area contributed by atoms with Crippen LogP contribution in [0.25, 0.3) is 16.6 Å². The molecule has 1 aromatic heterocycles. The van der Waals surface area contributed by atoms with Crippen LogP contribution in [0.5, 0.6) is 0 Å². The van der Waals surface area contributed by atoms with E-state index in [0.29, 0.717) is 16.6 Å². The molecule has 0 saturated carbocycles. The molecule has 0 aliphatic rings. The van der Waals surface area contributed by atoms with E-state index >= 15 is 0 Å². The third kappa shape index (κ3) is 4.35. The zero-order valence-electron chi connectivity index (χ0n) is 15.0. The second-order valence-electron chi connectivity index (χ2n) is 6.48. The van der Waals surface area contributed by atoms with Crippen LogP contribution in [0.1, 0.15) is 31.7 Å². The van der Waals surface area contributed by atoms with Crippen LogP contribution in [0.4, 0.5) is 13.2 Å². The Labute approximate surface area is 159 Å². The molecule has 0 spiro atoms. The van der Waals surface area contributed by atoms with Gasteiger partial charge in [0, 0.05) is 5.75 Å². The van der Waals surface area contributed by atoms with E-state index in [4.69, 9.17) is 0 Å². The Hall–Kier alpha value is -2.28. The van der Waals surface area contributed by atoms with Gasteiger partial charge in [-0.2, -0.15) is 13.2 Å². The normalized spacial score (nSPS) is 12.1. The zero-order valence-corrected chi connectivity index (χ0v) is 15.8. The number of rotatable bonds is 5. The summed E-state index contributed by atoms with van der Waals surface area (Å²) >= 11 is 0.950. The summed E-state index contributed by atoms with van der Waals surface area (Å²) < 4.78 is 39.2. The summed E-state index contributed by atoms with van der Waals surface area (Å²) in [7, 11) is 0. The number of benzene rings is 2. The van der Waals surface area contributed by atoms with E-state index in [1.807, 2.05) is 32.0 Å². The molecular weight excluding hydrogens is 373 g/mol. The number of hydrogen-bond donors (Lipinski definition) is 0. The van der Waals surface area contributed by atoms with Crippen molar-refractivity contribution in [1.82, 2.24) is 9.55 Å². The Bertz CT molecular complexity index is 1010. The number of halogens is 3. The average molecular weight is 392 g/mol. The summed E-state index contributed by atoms with van der Waals surface area (Å²) in [6, 6.07) is 14.3. The molecule has 0 unspecified atom stereocenters. The molecule has 0 aliphatic carbocycles. The van der Waals surface area contributed by atoms with Crippen LogP contribution in [-0.2, 0) is 0 Å². The lowest BCUT2D eigenvalue weighted by molar-refractivity contribution is -0.129. The van der Waals surface area contributed by atoms with Crippen LogP contribution >= 0.6 is 11.8 Å². The standard InChI is InChI=1S/C20H19F3N2OS/c1-13(2)14-7-4-6-10-17(14)25-18(26)15-8-3-5-9-16(15)24-19(25)27-12-11-20(21,22)23/h3-10,13H,11-12H2,1-2H3. The molecule has 0 amide bonds. The van der Waals surface area contributed by atoms with Crippen molar-refractivity contribution >= 4 is 22.7 Å². The van der Waals surface area contributed by atoms with E-state index in [-0.39, 0.29) is 22.4 Å². The second kappa shape index (κ2) is 7.76. The predicted molar refractivity (Wildman–Crippen MR) is 103 cm³/mol. The first-order chi connectivity index (χ1) is 12.8. The van der Waals surface area contributed by atoms with Crippen molar-refractivity contribution in [2.75, 3.05) is 5.75 Å². The number of nitrogens with zero attached hydrogens (tertiary/aromatic N) is 2. The number of alkyl halides is 3. The molecule has 0 aliphatic heterocycles. The van der Waals surface area contributed by atoms with Crippen molar-refractivity contribution in [2.24, 2.45) is 0 Å². The largest absolute Gasteiger partial charge is 0.389 e. The molecule has 0 radical (unpaired) electrons. The average Bonchev–Trinajstić information content (AvgIpc) is 2.61. The van der Waals surface area contributed by atoms with E-state index < -0.39 is 12.6 Å². The molecule has 1 heterocycles. The van der Waals surface area contributed by atoms with Crippen LogP contribution in [0, 0.1) is 0 Å². The van der Waals surface area contributed by atoms with Crippen molar-refractivity contribution in [3.05, 3.63) is 64.4 Å². The minimum atomic E-state index is -4.25. The Morgan fingerprint density at radius 1 is 1.07 bits per heavy atom. The van der Waals surface area contributed by atoms with E-state index in [1.165, 1.54) is 4.57 Å². The van der Waals surface area contributed by atoms with Crippen molar-refractivity contribution < 1.29 is 13.2 Å². The summed E-state index contributed by atoms with van der Waals surface area (Å²) in [6.45, 7) is 4.02. The SMILES string of the molecule is CC(C)c1ccccc1-n1c(SCCC(F)(F)F)nc2ccccc2c1=O. The molecule has 0 fully saturated rings. The lowest BCUT2D eigenvalue weighted by Crippen LogP contribution is -2.23. The molecule has 3 aromatic rings. The molecule has 7 heteroatoms. The van der Waals surface area contributed by atoms with E-state index in [1.54, 1.807) is 30.3 Å². The van der Waals surface area contributed by atoms with Gasteiger partial charge >= 0.3 is 6.18 Å². The van der Waals surface area contributed by atoms with Gasteiger partial charge in [-0.1, -0.05) is 55.9 Å². The van der Waals surface area contributed by atoms with Crippen LogP contribution in [0.3, 0.4) is 0 Å². The van der Waals surface area contributed by atoms with Gasteiger partial charge in [0.25, 0.3) is 5.56 Å². The minimum Gasteiger partial charge on any atom is -0.268 e. The molecule has 0 saturated heterocycles. The zero-order chi connectivity index (χ0) is 19.6. The van der Waals surface area contributed by atoms with Gasteiger partial charge in [-0.3, -0.25) is 9.36 Å². The van der Waals surface area contributed by atoms with Gasteiger partial charge in [0.05, 0.1) is 23.0 Å². The molecule has 3 rings (SSSR count). The summed E-state index contributed by atoms with van der Waals surface area (Å²) in [4.78, 5) is 17.7. The van der Waals surface area contributed by atoms with Gasteiger partial charge in [0.2, 0.25) is 0 Å². The maximum atomic E-state index is 13.2. The van der Waals surface area contributed by atoms with Crippen molar-refractivity contribution in [1.29, 1.82) is 0 Å². The number of thioether (sulfide) groups is 1. The van der Waals surface area contributed by atoms with Crippen LogP contribution < -0.4 is 5.56 Å². The van der Waals surface area contributed by atoms with Gasteiger partial charge in [0.1, 0.15) is 0 Å². The smallest absolute Gasteiger partial charge is 0.268 e. The quantitative estimate of drug-likeness (QED) is 0.422. The van der Waals surface area contributed by atoms with Gasteiger partial charge in [0.15, 0.2) is 5.16 Å². The minimum absolute atomic E-state index is 0.146. The third-order valence-electron chi connectivity index (χ3n) is 4.16. The fraction of sp³-hybridized carbons (Fsp3) is 0.300. The molecule has 0 N–H and O–H groups in total. The third-order valence-corrected chi connectivity index (χ3v) is 5.10. The highest BCUT2D eigenvalue weighted by Crippen LogP contribution is 2.29. The molecule has 27 heavy (non-hydrogen) atoms. The van der Waals surface area contributed by atoms with Crippen molar-refractivity contribution in [2.45, 2.75) is 37.5 Å². The topological polar surface area (TPSA) is 34.9 Å². The number of aromatic nitrogens is 2. The van der Waals surface area contributed by atoms with Gasteiger partial charge in [-0.05, 0) is 29.7 Å². The Morgan fingerprint density at radius 2 is 1.74 bits per heavy atom. The molecule has 142 valence electrons. The van der Waals surface area contributed by atoms with Gasteiger partial charge < -0.3 is 0 Å². The fourth-order valence-electron chi connectivity index (χ4n) is 2.86. The number of para-hydroxylation sites is 2. The summed E-state index contributed by atoms with van der Waals surface area (Å²) in [5.41, 5.74) is 1.80. The first-order valence-electron chi connectivity index (χ1n) is 8.58. The molecule has 0 atom stereocenters. The maximum Gasteiger partial charge on any atom is 0.389 e. The lowest BCUT2D eigenvalue weighted by atomic mass is 10.0. The number of fused-ring (bicyclic) bond motifs is 1. The first-order valence-corrected chi connectivity index (χ1v) is 9.57. The number of hydrogen-bond acceptors (Lipinski definition) is 3. The van der Waals surface area contributed by atoms with E-state index in [9.17, 15) is 18.0 Å². The Kier molecular flexibility index (Phi) is 5.60. The first kappa shape index (κ1) is 19.5. The fourth-order valence-corrected chi connectivity index (χ4v) is 3.85. The Morgan fingerprint density at radius 3 is 2.44 bits per heavy atom. The highest BCUT2D eigenvalue weighted by atomic mass is 32.2. The van der Waals surface area contributed by atoms with Gasteiger partial charge in [-0.15, -0.1) is 0 Å². The van der Waals surface area contributed by atoms with Crippen LogP contribution in [-0.4, -0.2) is 21.5 Å². The summed E-state index contributed by atoms with van der Waals surface area (Å²) in [5, 5.41) is 0.715. The predicted octanol–water partition coefficient (Wildman–Crippen LogP) is 5.55. The van der Waals surface area contributed by atoms with Crippen LogP contribution in [0.2, 0.25) is 0 Å². The van der Waals surface area contributed by atoms with Crippen molar-refractivity contribution in [3.63, 3.8) is 0 Å². The highest BCUT2D eigenvalue weighted by molar-refractivity contribution is 7.99. The summed E-state index contributed by atoms with van der Waals surface area (Å²) in [6.07, 6.45) is -5.18. The highest BCUT2D eigenvalue weighted by Gasteiger charge is 2.27. The maximum absolute atomic E-state index is 13.2. The lowest BCUT2D eigenvalue weighted by Gasteiger charge is -2.18. The van der Waals surface area contributed by atoms with E-state index in [0.717, 1.165) is 17.3 Å².